The third kappa shape index (κ3) is 3.35. The van der Waals surface area contributed by atoms with Crippen LogP contribution >= 0.6 is 11.8 Å². The first-order valence-electron chi connectivity index (χ1n) is 5.85. The second-order valence-corrected chi connectivity index (χ2v) is 5.52. The minimum atomic E-state index is -0.943. The number of carbonyl (C=O) groups excluding carboxylic acids is 1. The first-order chi connectivity index (χ1) is 7.99. The van der Waals surface area contributed by atoms with E-state index < -0.39 is 18.1 Å². The summed E-state index contributed by atoms with van der Waals surface area (Å²) < 4.78 is 0. The Kier molecular flexibility index (Phi) is 5.27. The first kappa shape index (κ1) is 14.3. The molecule has 0 aromatic carbocycles. The van der Waals surface area contributed by atoms with Crippen molar-refractivity contribution in [2.45, 2.75) is 32.4 Å². The maximum atomic E-state index is 12.1. The SMILES string of the molecule is CCC(C)C(N)C(=O)N1CCSCC1C(=O)O. The van der Waals surface area contributed by atoms with E-state index in [0.717, 1.165) is 12.2 Å². The van der Waals surface area contributed by atoms with Gasteiger partial charge in [0.15, 0.2) is 0 Å². The number of carbonyl (C=O) groups is 2. The molecule has 98 valence electrons. The summed E-state index contributed by atoms with van der Waals surface area (Å²) in [5.41, 5.74) is 5.87. The standard InChI is InChI=1S/C11H20N2O3S/c1-3-7(2)9(12)10(14)13-4-5-17-6-8(13)11(15)16/h7-9H,3-6,12H2,1-2H3,(H,15,16). The van der Waals surface area contributed by atoms with Crippen LogP contribution < -0.4 is 5.73 Å². The van der Waals surface area contributed by atoms with Crippen molar-refractivity contribution in [1.82, 2.24) is 4.90 Å². The van der Waals surface area contributed by atoms with Gasteiger partial charge in [0.2, 0.25) is 5.91 Å². The molecule has 1 heterocycles. The molecule has 1 fully saturated rings. The molecule has 0 bridgehead atoms. The van der Waals surface area contributed by atoms with Crippen LogP contribution in [0, 0.1) is 5.92 Å². The van der Waals surface area contributed by atoms with Gasteiger partial charge in [-0.3, -0.25) is 4.79 Å². The van der Waals surface area contributed by atoms with Gasteiger partial charge in [0, 0.05) is 18.1 Å². The topological polar surface area (TPSA) is 83.6 Å². The number of carboxylic acids is 1. The molecule has 0 radical (unpaired) electrons. The van der Waals surface area contributed by atoms with E-state index in [4.69, 9.17) is 10.8 Å². The molecule has 17 heavy (non-hydrogen) atoms. The molecule has 3 unspecified atom stereocenters. The van der Waals surface area contributed by atoms with Crippen LogP contribution in [0.2, 0.25) is 0 Å². The van der Waals surface area contributed by atoms with E-state index in [0.29, 0.717) is 12.3 Å². The Hall–Kier alpha value is -0.750. The van der Waals surface area contributed by atoms with Crippen molar-refractivity contribution in [3.8, 4) is 0 Å². The third-order valence-corrected chi connectivity index (χ3v) is 4.26. The Labute approximate surface area is 106 Å². The van der Waals surface area contributed by atoms with E-state index in [1.54, 1.807) is 11.8 Å². The van der Waals surface area contributed by atoms with Gasteiger partial charge in [-0.05, 0) is 5.92 Å². The van der Waals surface area contributed by atoms with Gasteiger partial charge in [-0.25, -0.2) is 4.79 Å². The number of aliphatic carboxylic acids is 1. The highest BCUT2D eigenvalue weighted by atomic mass is 32.2. The lowest BCUT2D eigenvalue weighted by Crippen LogP contribution is -2.56. The molecule has 1 amide bonds. The Bertz CT molecular complexity index is 298. The minimum Gasteiger partial charge on any atom is -0.480 e. The highest BCUT2D eigenvalue weighted by molar-refractivity contribution is 7.99. The van der Waals surface area contributed by atoms with Crippen molar-refractivity contribution < 1.29 is 14.7 Å². The highest BCUT2D eigenvalue weighted by Crippen LogP contribution is 2.19. The Morgan fingerprint density at radius 1 is 1.59 bits per heavy atom. The van der Waals surface area contributed by atoms with E-state index in [-0.39, 0.29) is 11.8 Å². The predicted octanol–water partition coefficient (Wildman–Crippen LogP) is 0.388. The molecule has 0 saturated carbocycles. The molecule has 0 aromatic rings. The third-order valence-electron chi connectivity index (χ3n) is 3.24. The zero-order valence-electron chi connectivity index (χ0n) is 10.3. The average Bonchev–Trinajstić information content (AvgIpc) is 2.35. The number of amides is 1. The molecule has 1 aliphatic heterocycles. The molecule has 6 heteroatoms. The van der Waals surface area contributed by atoms with E-state index >= 15 is 0 Å². The summed E-state index contributed by atoms with van der Waals surface area (Å²) in [4.78, 5) is 24.7. The van der Waals surface area contributed by atoms with Gasteiger partial charge < -0.3 is 15.7 Å². The van der Waals surface area contributed by atoms with Crippen molar-refractivity contribution in [2.24, 2.45) is 11.7 Å². The fraction of sp³-hybridized carbons (Fsp3) is 0.818. The molecule has 3 atom stereocenters. The summed E-state index contributed by atoms with van der Waals surface area (Å²) in [6, 6.07) is -1.32. The van der Waals surface area contributed by atoms with Crippen molar-refractivity contribution >= 4 is 23.6 Å². The molecule has 0 aromatic heterocycles. The molecule has 1 saturated heterocycles. The van der Waals surface area contributed by atoms with Crippen LogP contribution in [-0.4, -0.2) is 52.0 Å². The Morgan fingerprint density at radius 3 is 2.76 bits per heavy atom. The fourth-order valence-electron chi connectivity index (χ4n) is 1.76. The van der Waals surface area contributed by atoms with Gasteiger partial charge in [0.1, 0.15) is 6.04 Å². The number of thioether (sulfide) groups is 1. The predicted molar refractivity (Wildman–Crippen MR) is 67.9 cm³/mol. The molecule has 5 nitrogen and oxygen atoms in total. The average molecular weight is 260 g/mol. The van der Waals surface area contributed by atoms with Crippen molar-refractivity contribution in [1.29, 1.82) is 0 Å². The van der Waals surface area contributed by atoms with Crippen LogP contribution in [-0.2, 0) is 9.59 Å². The number of hydrogen-bond donors (Lipinski definition) is 2. The lowest BCUT2D eigenvalue weighted by atomic mass is 9.98. The number of nitrogens with two attached hydrogens (primary N) is 1. The molecule has 3 N–H and O–H groups in total. The summed E-state index contributed by atoms with van der Waals surface area (Å²) in [5, 5.41) is 9.09. The van der Waals surface area contributed by atoms with Crippen LogP contribution in [0.25, 0.3) is 0 Å². The zero-order valence-corrected chi connectivity index (χ0v) is 11.1. The molecular weight excluding hydrogens is 240 g/mol. The Balaban J connectivity index is 2.74. The fourth-order valence-corrected chi connectivity index (χ4v) is 2.80. The zero-order chi connectivity index (χ0) is 13.0. The maximum absolute atomic E-state index is 12.1. The number of carboxylic acid groups (broad SMARTS) is 1. The second-order valence-electron chi connectivity index (χ2n) is 4.37. The lowest BCUT2D eigenvalue weighted by molar-refractivity contribution is -0.150. The van der Waals surface area contributed by atoms with Crippen LogP contribution in [0.1, 0.15) is 20.3 Å². The van der Waals surface area contributed by atoms with E-state index in [1.165, 1.54) is 4.90 Å². The van der Waals surface area contributed by atoms with E-state index in [9.17, 15) is 9.59 Å². The van der Waals surface area contributed by atoms with Crippen LogP contribution in [0.15, 0.2) is 0 Å². The van der Waals surface area contributed by atoms with Gasteiger partial charge in [0.25, 0.3) is 0 Å². The van der Waals surface area contributed by atoms with Crippen molar-refractivity contribution in [2.75, 3.05) is 18.1 Å². The maximum Gasteiger partial charge on any atom is 0.327 e. The summed E-state index contributed by atoms with van der Waals surface area (Å²) in [6.45, 7) is 4.36. The summed E-state index contributed by atoms with van der Waals surface area (Å²) in [7, 11) is 0. The first-order valence-corrected chi connectivity index (χ1v) is 7.01. The molecule has 1 rings (SSSR count). The number of rotatable bonds is 4. The molecule has 0 spiro atoms. The summed E-state index contributed by atoms with van der Waals surface area (Å²) in [5.74, 6) is 0.136. The highest BCUT2D eigenvalue weighted by Gasteiger charge is 2.35. The van der Waals surface area contributed by atoms with Gasteiger partial charge in [-0.15, -0.1) is 0 Å². The lowest BCUT2D eigenvalue weighted by Gasteiger charge is -2.35. The smallest absolute Gasteiger partial charge is 0.327 e. The minimum absolute atomic E-state index is 0.0755. The summed E-state index contributed by atoms with van der Waals surface area (Å²) in [6.07, 6.45) is 0.813. The Morgan fingerprint density at radius 2 is 2.24 bits per heavy atom. The monoisotopic (exact) mass is 260 g/mol. The quantitative estimate of drug-likeness (QED) is 0.764. The van der Waals surface area contributed by atoms with Crippen LogP contribution in [0.3, 0.4) is 0 Å². The van der Waals surface area contributed by atoms with Gasteiger partial charge >= 0.3 is 5.97 Å². The normalized spacial score (nSPS) is 24.2. The second kappa shape index (κ2) is 6.26. The molecule has 1 aliphatic rings. The van der Waals surface area contributed by atoms with Crippen molar-refractivity contribution in [3.05, 3.63) is 0 Å². The van der Waals surface area contributed by atoms with E-state index in [1.807, 2.05) is 13.8 Å². The summed E-state index contributed by atoms with van der Waals surface area (Å²) >= 11 is 1.56. The number of nitrogens with zero attached hydrogens (tertiary/aromatic N) is 1. The van der Waals surface area contributed by atoms with Crippen LogP contribution in [0.5, 0.6) is 0 Å². The van der Waals surface area contributed by atoms with Gasteiger partial charge in [-0.1, -0.05) is 20.3 Å². The number of hydrogen-bond acceptors (Lipinski definition) is 4. The van der Waals surface area contributed by atoms with E-state index in [2.05, 4.69) is 0 Å². The van der Waals surface area contributed by atoms with Crippen molar-refractivity contribution in [3.63, 3.8) is 0 Å². The van der Waals surface area contributed by atoms with Gasteiger partial charge in [-0.2, -0.15) is 11.8 Å². The van der Waals surface area contributed by atoms with Gasteiger partial charge in [0.05, 0.1) is 6.04 Å². The molecule has 0 aliphatic carbocycles. The largest absolute Gasteiger partial charge is 0.480 e. The molecular formula is C11H20N2O3S. The van der Waals surface area contributed by atoms with Crippen LogP contribution in [0.4, 0.5) is 0 Å².